The van der Waals surface area contributed by atoms with Crippen molar-refractivity contribution in [1.29, 1.82) is 0 Å². The second-order valence-electron chi connectivity index (χ2n) is 9.50. The van der Waals surface area contributed by atoms with Crippen LogP contribution in [-0.4, -0.2) is 66.8 Å². The van der Waals surface area contributed by atoms with Crippen molar-refractivity contribution in [1.82, 2.24) is 9.47 Å². The van der Waals surface area contributed by atoms with Crippen LogP contribution in [0.4, 0.5) is 0 Å². The smallest absolute Gasteiger partial charge is 0.338 e. The maximum atomic E-state index is 12.3. The monoisotopic (exact) mass is 464 g/mol. The number of fused-ring (bicyclic) bond motifs is 1. The molecular formula is C27H32N2O5. The zero-order valence-corrected chi connectivity index (χ0v) is 20.1. The molecule has 0 saturated carbocycles. The summed E-state index contributed by atoms with van der Waals surface area (Å²) in [7, 11) is 0. The first-order valence-electron chi connectivity index (χ1n) is 11.7. The summed E-state index contributed by atoms with van der Waals surface area (Å²) < 4.78 is 18.7. The molecule has 2 aromatic carbocycles. The van der Waals surface area contributed by atoms with Crippen molar-refractivity contribution in [2.24, 2.45) is 0 Å². The molecule has 180 valence electrons. The summed E-state index contributed by atoms with van der Waals surface area (Å²) in [5.41, 5.74) is 2.50. The molecule has 1 aliphatic rings. The average Bonchev–Trinajstić information content (AvgIpc) is 3.16. The third kappa shape index (κ3) is 6.04. The van der Waals surface area contributed by atoms with Crippen molar-refractivity contribution in [3.05, 3.63) is 65.4 Å². The van der Waals surface area contributed by atoms with Gasteiger partial charge >= 0.3 is 5.97 Å². The molecule has 0 unspecified atom stereocenters. The summed E-state index contributed by atoms with van der Waals surface area (Å²) in [6.07, 6.45) is 0.869. The summed E-state index contributed by atoms with van der Waals surface area (Å²) in [5.74, 6) is 0.442. The Morgan fingerprint density at radius 1 is 1.06 bits per heavy atom. The third-order valence-corrected chi connectivity index (χ3v) is 5.73. The Balaban J connectivity index is 1.44. The second-order valence-corrected chi connectivity index (χ2v) is 9.50. The normalized spacial score (nSPS) is 14.8. The van der Waals surface area contributed by atoms with Gasteiger partial charge in [0.15, 0.2) is 6.29 Å². The fourth-order valence-electron chi connectivity index (χ4n) is 4.02. The van der Waals surface area contributed by atoms with E-state index in [0.717, 1.165) is 61.4 Å². The van der Waals surface area contributed by atoms with Gasteiger partial charge in [-0.1, -0.05) is 12.1 Å². The van der Waals surface area contributed by atoms with E-state index < -0.39 is 5.60 Å². The van der Waals surface area contributed by atoms with Crippen LogP contribution in [-0.2, 0) is 16.0 Å². The molecule has 0 aliphatic carbocycles. The van der Waals surface area contributed by atoms with E-state index in [-0.39, 0.29) is 5.97 Å². The quantitative estimate of drug-likeness (QED) is 0.368. The minimum Gasteiger partial charge on any atom is -0.492 e. The lowest BCUT2D eigenvalue weighted by Crippen LogP contribution is -2.38. The highest BCUT2D eigenvalue weighted by atomic mass is 16.6. The highest BCUT2D eigenvalue weighted by Gasteiger charge is 2.18. The van der Waals surface area contributed by atoms with E-state index >= 15 is 0 Å². The number of morpholine rings is 1. The number of rotatable bonds is 8. The lowest BCUT2D eigenvalue weighted by atomic mass is 10.1. The van der Waals surface area contributed by atoms with Crippen molar-refractivity contribution in [2.45, 2.75) is 32.9 Å². The number of hydrogen-bond donors (Lipinski definition) is 0. The molecule has 7 heteroatoms. The molecule has 0 bridgehead atoms. The minimum atomic E-state index is -0.538. The average molecular weight is 465 g/mol. The second kappa shape index (κ2) is 10.4. The summed E-state index contributed by atoms with van der Waals surface area (Å²) >= 11 is 0. The fraction of sp³-hybridized carbons (Fsp3) is 0.407. The van der Waals surface area contributed by atoms with E-state index in [2.05, 4.69) is 4.90 Å². The number of hydrogen-bond acceptors (Lipinski definition) is 6. The Kier molecular flexibility index (Phi) is 7.34. The molecule has 34 heavy (non-hydrogen) atoms. The van der Waals surface area contributed by atoms with Gasteiger partial charge in [-0.05, 0) is 62.7 Å². The molecule has 1 aromatic heterocycles. The van der Waals surface area contributed by atoms with Crippen molar-refractivity contribution >= 4 is 23.2 Å². The largest absolute Gasteiger partial charge is 0.492 e. The number of benzene rings is 2. The van der Waals surface area contributed by atoms with Crippen molar-refractivity contribution < 1.29 is 23.8 Å². The van der Waals surface area contributed by atoms with E-state index in [1.807, 2.05) is 61.7 Å². The van der Waals surface area contributed by atoms with Crippen LogP contribution in [0.1, 0.15) is 47.2 Å². The van der Waals surface area contributed by atoms with Crippen LogP contribution >= 0.6 is 0 Å². The van der Waals surface area contributed by atoms with Gasteiger partial charge < -0.3 is 18.8 Å². The SMILES string of the molecule is CC(C)(C)OC(=O)c1ccc(Cn2c(C=O)cc3cc(OCCN4CCOCC4)ccc32)cc1. The lowest BCUT2D eigenvalue weighted by molar-refractivity contribution is 0.00694. The molecule has 1 aliphatic heterocycles. The maximum absolute atomic E-state index is 12.3. The molecule has 4 rings (SSSR count). The molecule has 0 atom stereocenters. The molecule has 0 amide bonds. The lowest BCUT2D eigenvalue weighted by Gasteiger charge is -2.26. The molecule has 2 heterocycles. The highest BCUT2D eigenvalue weighted by Crippen LogP contribution is 2.25. The van der Waals surface area contributed by atoms with Crippen LogP contribution in [0.5, 0.6) is 5.75 Å². The third-order valence-electron chi connectivity index (χ3n) is 5.73. The number of aldehydes is 1. The van der Waals surface area contributed by atoms with Gasteiger partial charge in [-0.3, -0.25) is 9.69 Å². The number of carbonyl (C=O) groups excluding carboxylic acids is 2. The Hall–Kier alpha value is -3.16. The van der Waals surface area contributed by atoms with Crippen molar-refractivity contribution in [3.63, 3.8) is 0 Å². The van der Waals surface area contributed by atoms with E-state index in [4.69, 9.17) is 14.2 Å². The number of aromatic nitrogens is 1. The minimum absolute atomic E-state index is 0.347. The maximum Gasteiger partial charge on any atom is 0.338 e. The predicted molar refractivity (Wildman–Crippen MR) is 131 cm³/mol. The van der Waals surface area contributed by atoms with E-state index in [0.29, 0.717) is 24.4 Å². The van der Waals surface area contributed by atoms with Gasteiger partial charge in [0, 0.05) is 37.1 Å². The van der Waals surface area contributed by atoms with Gasteiger partial charge in [-0.15, -0.1) is 0 Å². The highest BCUT2D eigenvalue weighted by molar-refractivity contribution is 5.90. The van der Waals surface area contributed by atoms with Gasteiger partial charge in [-0.2, -0.15) is 0 Å². The standard InChI is InChI=1S/C27H32N2O5/c1-27(2,3)34-26(31)21-6-4-20(5-7-21)18-29-23(19-30)16-22-17-24(8-9-25(22)29)33-15-12-28-10-13-32-14-11-28/h4-9,16-17,19H,10-15,18H2,1-3H3. The Bertz CT molecular complexity index is 1140. The van der Waals surface area contributed by atoms with Crippen molar-refractivity contribution in [2.75, 3.05) is 39.5 Å². The number of carbonyl (C=O) groups is 2. The van der Waals surface area contributed by atoms with Gasteiger partial charge in [0.2, 0.25) is 0 Å². The number of nitrogens with zero attached hydrogens (tertiary/aromatic N) is 2. The Labute approximate surface area is 200 Å². The summed E-state index contributed by atoms with van der Waals surface area (Å²) in [6.45, 7) is 10.9. The predicted octanol–water partition coefficient (Wildman–Crippen LogP) is 4.17. The first-order valence-corrected chi connectivity index (χ1v) is 11.7. The van der Waals surface area contributed by atoms with Crippen LogP contribution in [0, 0.1) is 0 Å². The number of ether oxygens (including phenoxy) is 3. The summed E-state index contributed by atoms with van der Waals surface area (Å²) in [5, 5.41) is 0.955. The van der Waals surface area contributed by atoms with Crippen LogP contribution < -0.4 is 4.74 Å². The van der Waals surface area contributed by atoms with Gasteiger partial charge in [0.05, 0.1) is 24.5 Å². The molecule has 1 saturated heterocycles. The number of esters is 1. The molecular weight excluding hydrogens is 432 g/mol. The van der Waals surface area contributed by atoms with Gasteiger partial charge in [-0.25, -0.2) is 4.79 Å². The zero-order valence-electron chi connectivity index (χ0n) is 20.1. The van der Waals surface area contributed by atoms with Crippen LogP contribution in [0.2, 0.25) is 0 Å². The molecule has 0 radical (unpaired) electrons. The van der Waals surface area contributed by atoms with Crippen molar-refractivity contribution in [3.8, 4) is 5.75 Å². The summed E-state index contributed by atoms with van der Waals surface area (Å²) in [6, 6.07) is 15.1. The van der Waals surface area contributed by atoms with Crippen LogP contribution in [0.25, 0.3) is 10.9 Å². The first-order chi connectivity index (χ1) is 16.3. The van der Waals surface area contributed by atoms with Crippen LogP contribution in [0.15, 0.2) is 48.5 Å². The molecule has 0 spiro atoms. The Morgan fingerprint density at radius 2 is 1.79 bits per heavy atom. The molecule has 0 N–H and O–H groups in total. The summed E-state index contributed by atoms with van der Waals surface area (Å²) in [4.78, 5) is 26.4. The van der Waals surface area contributed by atoms with E-state index in [1.54, 1.807) is 12.1 Å². The van der Waals surface area contributed by atoms with E-state index in [1.165, 1.54) is 0 Å². The molecule has 1 fully saturated rings. The van der Waals surface area contributed by atoms with Gasteiger partial charge in [0.1, 0.15) is 18.0 Å². The zero-order chi connectivity index (χ0) is 24.1. The molecule has 7 nitrogen and oxygen atoms in total. The Morgan fingerprint density at radius 3 is 2.47 bits per heavy atom. The van der Waals surface area contributed by atoms with Crippen LogP contribution in [0.3, 0.4) is 0 Å². The van der Waals surface area contributed by atoms with E-state index in [9.17, 15) is 9.59 Å². The molecule has 3 aromatic rings. The topological polar surface area (TPSA) is 70.0 Å². The first kappa shape index (κ1) is 24.0. The van der Waals surface area contributed by atoms with Gasteiger partial charge in [0.25, 0.3) is 0 Å². The fourth-order valence-corrected chi connectivity index (χ4v) is 4.02.